The van der Waals surface area contributed by atoms with Gasteiger partial charge in [-0.25, -0.2) is 0 Å². The molecule has 1 aromatic rings. The topological polar surface area (TPSA) is 26.0 Å². The van der Waals surface area contributed by atoms with Gasteiger partial charge in [-0.15, -0.1) is 6.42 Å². The normalized spacial score (nSPS) is 19.6. The third kappa shape index (κ3) is 7.38. The number of benzene rings is 1. The molecule has 2 rings (SSSR count). The second kappa shape index (κ2) is 12.8. The summed E-state index contributed by atoms with van der Waals surface area (Å²) in [6, 6.07) is 7.06. The number of rotatable bonds is 8. The molecule has 2 unspecified atom stereocenters. The van der Waals surface area contributed by atoms with Gasteiger partial charge in [0.1, 0.15) is 0 Å². The Bertz CT molecular complexity index is 591. The van der Waals surface area contributed by atoms with E-state index < -0.39 is 0 Å². The lowest BCUT2D eigenvalue weighted by molar-refractivity contribution is 0.468. The zero-order valence-corrected chi connectivity index (χ0v) is 17.5. The molecule has 0 aliphatic heterocycles. The van der Waals surface area contributed by atoms with Crippen LogP contribution in [0.25, 0.3) is 0 Å². The molecule has 144 valence electrons. The van der Waals surface area contributed by atoms with E-state index in [1.165, 1.54) is 68.7 Å². The van der Waals surface area contributed by atoms with Crippen molar-refractivity contribution in [3.8, 4) is 12.3 Å². The SMILES string of the molecule is C#C/C(=C\CCC)CCCCC1CCC(c2ccc(C)c(C)c2)C1.CN. The van der Waals surface area contributed by atoms with E-state index in [4.69, 9.17) is 6.42 Å². The van der Waals surface area contributed by atoms with Crippen molar-refractivity contribution in [1.29, 1.82) is 0 Å². The van der Waals surface area contributed by atoms with Gasteiger partial charge in [-0.1, -0.05) is 56.4 Å². The van der Waals surface area contributed by atoms with Crippen LogP contribution in [0.15, 0.2) is 29.8 Å². The maximum absolute atomic E-state index is 5.60. The molecule has 26 heavy (non-hydrogen) atoms. The standard InChI is InChI=1S/C24H34.CH5N/c1-5-7-10-21(6-2)11-8-9-12-22-14-16-24(18-22)23-15-13-19(3)20(4)17-23;1-2/h2,10,13,15,17,22,24H,5,7-9,11-12,14,16,18H2,1,3-4H3;2H2,1H3/b21-10+;. The van der Waals surface area contributed by atoms with Crippen LogP contribution in [0.5, 0.6) is 0 Å². The maximum atomic E-state index is 5.60. The highest BCUT2D eigenvalue weighted by Gasteiger charge is 2.25. The molecule has 0 aromatic heterocycles. The molecule has 1 heteroatoms. The summed E-state index contributed by atoms with van der Waals surface area (Å²) in [5, 5.41) is 0. The highest BCUT2D eigenvalue weighted by atomic mass is 14.4. The minimum Gasteiger partial charge on any atom is -0.333 e. The summed E-state index contributed by atoms with van der Waals surface area (Å²) in [7, 11) is 1.50. The Morgan fingerprint density at radius 2 is 1.96 bits per heavy atom. The van der Waals surface area contributed by atoms with Crippen LogP contribution in [0.2, 0.25) is 0 Å². The van der Waals surface area contributed by atoms with Crippen LogP contribution < -0.4 is 5.73 Å². The predicted molar refractivity (Wildman–Crippen MR) is 116 cm³/mol. The van der Waals surface area contributed by atoms with Gasteiger partial charge in [0.25, 0.3) is 0 Å². The molecule has 0 amide bonds. The second-order valence-corrected chi connectivity index (χ2v) is 7.63. The number of unbranched alkanes of at least 4 members (excludes halogenated alkanes) is 2. The molecule has 1 aliphatic carbocycles. The first kappa shape index (κ1) is 22.5. The van der Waals surface area contributed by atoms with E-state index in [0.29, 0.717) is 0 Å². The Balaban J connectivity index is 0.00000163. The maximum Gasteiger partial charge on any atom is -0.00223 e. The van der Waals surface area contributed by atoms with E-state index in [2.05, 4.69) is 56.7 Å². The molecule has 2 N–H and O–H groups in total. The molecule has 1 aromatic carbocycles. The third-order valence-corrected chi connectivity index (χ3v) is 5.72. The summed E-state index contributed by atoms with van der Waals surface area (Å²) in [4.78, 5) is 0. The molecule has 0 spiro atoms. The first-order valence-electron chi connectivity index (χ1n) is 10.4. The minimum absolute atomic E-state index is 0.792. The highest BCUT2D eigenvalue weighted by Crippen LogP contribution is 2.40. The fourth-order valence-corrected chi connectivity index (χ4v) is 3.96. The molecule has 1 aliphatic rings. The number of terminal acetylenes is 1. The molecular formula is C25H39N. The van der Waals surface area contributed by atoms with Gasteiger partial charge in [-0.2, -0.15) is 0 Å². The predicted octanol–water partition coefficient (Wildman–Crippen LogP) is 6.68. The lowest BCUT2D eigenvalue weighted by atomic mass is 9.92. The van der Waals surface area contributed by atoms with Crippen molar-refractivity contribution in [2.45, 2.75) is 84.5 Å². The minimum atomic E-state index is 0.792. The summed E-state index contributed by atoms with van der Waals surface area (Å²) in [6.45, 7) is 6.65. The molecule has 0 saturated heterocycles. The summed E-state index contributed by atoms with van der Waals surface area (Å²) < 4.78 is 0. The molecule has 0 bridgehead atoms. The molecule has 1 nitrogen and oxygen atoms in total. The van der Waals surface area contributed by atoms with Crippen LogP contribution in [-0.4, -0.2) is 7.05 Å². The highest BCUT2D eigenvalue weighted by molar-refractivity contribution is 5.32. The number of aryl methyl sites for hydroxylation is 2. The summed E-state index contributed by atoms with van der Waals surface area (Å²) in [5.74, 6) is 4.58. The number of allylic oxidation sites excluding steroid dienone is 2. The van der Waals surface area contributed by atoms with Gasteiger partial charge in [0.2, 0.25) is 0 Å². The Kier molecular flexibility index (Phi) is 11.1. The van der Waals surface area contributed by atoms with Gasteiger partial charge in [-0.3, -0.25) is 0 Å². The average Bonchev–Trinajstić information content (AvgIpc) is 3.14. The van der Waals surface area contributed by atoms with Gasteiger partial charge in [-0.05, 0) is 93.5 Å². The van der Waals surface area contributed by atoms with Crippen LogP contribution in [0.3, 0.4) is 0 Å². The average molecular weight is 354 g/mol. The van der Waals surface area contributed by atoms with E-state index in [1.807, 2.05) is 0 Å². The second-order valence-electron chi connectivity index (χ2n) is 7.63. The van der Waals surface area contributed by atoms with Crippen LogP contribution in [0, 0.1) is 32.1 Å². The quantitative estimate of drug-likeness (QED) is 0.409. The Morgan fingerprint density at radius 1 is 1.19 bits per heavy atom. The van der Waals surface area contributed by atoms with Crippen LogP contribution in [0.4, 0.5) is 0 Å². The van der Waals surface area contributed by atoms with E-state index >= 15 is 0 Å². The Hall–Kier alpha value is -1.52. The molecule has 1 fully saturated rings. The van der Waals surface area contributed by atoms with Crippen molar-refractivity contribution in [3.63, 3.8) is 0 Å². The molecule has 1 saturated carbocycles. The fourth-order valence-electron chi connectivity index (χ4n) is 3.96. The van der Waals surface area contributed by atoms with E-state index in [-0.39, 0.29) is 0 Å². The summed E-state index contributed by atoms with van der Waals surface area (Å²) >= 11 is 0. The van der Waals surface area contributed by atoms with E-state index in [1.54, 1.807) is 5.56 Å². The van der Waals surface area contributed by atoms with Crippen LogP contribution in [0.1, 0.15) is 87.3 Å². The zero-order chi connectivity index (χ0) is 19.4. The first-order chi connectivity index (χ1) is 12.6. The molecule has 0 heterocycles. The van der Waals surface area contributed by atoms with Gasteiger partial charge in [0, 0.05) is 0 Å². The first-order valence-corrected chi connectivity index (χ1v) is 10.4. The van der Waals surface area contributed by atoms with Gasteiger partial charge in [0.05, 0.1) is 0 Å². The van der Waals surface area contributed by atoms with Crippen molar-refractivity contribution in [2.24, 2.45) is 11.7 Å². The van der Waals surface area contributed by atoms with Crippen molar-refractivity contribution >= 4 is 0 Å². The molecule has 2 atom stereocenters. The Labute approximate surface area is 162 Å². The lowest BCUT2D eigenvalue weighted by Gasteiger charge is -2.13. The number of hydrogen-bond donors (Lipinski definition) is 1. The molecule has 0 radical (unpaired) electrons. The van der Waals surface area contributed by atoms with Crippen molar-refractivity contribution < 1.29 is 0 Å². The smallest absolute Gasteiger partial charge is 0.00223 e. The summed E-state index contributed by atoms with van der Waals surface area (Å²) in [6.07, 6.45) is 19.4. The molecular weight excluding hydrogens is 314 g/mol. The zero-order valence-electron chi connectivity index (χ0n) is 17.5. The van der Waals surface area contributed by atoms with Crippen molar-refractivity contribution in [3.05, 3.63) is 46.5 Å². The van der Waals surface area contributed by atoms with Crippen LogP contribution >= 0.6 is 0 Å². The van der Waals surface area contributed by atoms with Crippen LogP contribution in [-0.2, 0) is 0 Å². The van der Waals surface area contributed by atoms with Gasteiger partial charge in [0.15, 0.2) is 0 Å². The number of nitrogens with two attached hydrogens (primary N) is 1. The Morgan fingerprint density at radius 3 is 2.62 bits per heavy atom. The largest absolute Gasteiger partial charge is 0.333 e. The van der Waals surface area contributed by atoms with Gasteiger partial charge >= 0.3 is 0 Å². The number of hydrogen-bond acceptors (Lipinski definition) is 1. The monoisotopic (exact) mass is 353 g/mol. The van der Waals surface area contributed by atoms with Crippen molar-refractivity contribution in [2.75, 3.05) is 7.05 Å². The summed E-state index contributed by atoms with van der Waals surface area (Å²) in [5.41, 5.74) is 10.1. The van der Waals surface area contributed by atoms with Gasteiger partial charge < -0.3 is 5.73 Å². The van der Waals surface area contributed by atoms with E-state index in [9.17, 15) is 0 Å². The fraction of sp³-hybridized carbons (Fsp3) is 0.600. The third-order valence-electron chi connectivity index (χ3n) is 5.72. The lowest BCUT2D eigenvalue weighted by Crippen LogP contribution is -1.97. The van der Waals surface area contributed by atoms with Crippen molar-refractivity contribution in [1.82, 2.24) is 0 Å². The van der Waals surface area contributed by atoms with E-state index in [0.717, 1.165) is 24.7 Å².